The molecule has 1 heterocycles. The Morgan fingerprint density at radius 1 is 1.07 bits per heavy atom. The van der Waals surface area contributed by atoms with Crippen molar-refractivity contribution in [2.24, 2.45) is 11.8 Å². The van der Waals surface area contributed by atoms with Crippen LogP contribution in [-0.4, -0.2) is 110 Å². The quantitative estimate of drug-likeness (QED) is 0.382. The molecule has 2 aliphatic rings. The molecule has 1 aliphatic heterocycles. The number of hydrogen-bond acceptors (Lipinski definition) is 7. The van der Waals surface area contributed by atoms with Crippen molar-refractivity contribution in [3.63, 3.8) is 0 Å². The van der Waals surface area contributed by atoms with Crippen molar-refractivity contribution < 1.29 is 29.0 Å². The van der Waals surface area contributed by atoms with E-state index in [-0.39, 0.29) is 48.4 Å². The summed E-state index contributed by atoms with van der Waals surface area (Å²) < 4.78 is 12.7. The summed E-state index contributed by atoms with van der Waals surface area (Å²) in [5, 5.41) is 13.2. The molecule has 0 bridgehead atoms. The van der Waals surface area contributed by atoms with Crippen LogP contribution in [0.1, 0.15) is 95.3 Å². The Hall–Kier alpha value is -2.69. The molecular weight excluding hydrogens is 572 g/mol. The third kappa shape index (κ3) is 11.6. The van der Waals surface area contributed by atoms with Gasteiger partial charge in [-0.25, -0.2) is 0 Å². The monoisotopic (exact) mass is 630 g/mol. The van der Waals surface area contributed by atoms with E-state index in [1.165, 1.54) is 6.42 Å². The molecule has 1 fully saturated rings. The van der Waals surface area contributed by atoms with Crippen LogP contribution < -0.4 is 10.1 Å². The lowest BCUT2D eigenvalue weighted by Crippen LogP contribution is -2.48. The molecule has 1 aliphatic carbocycles. The van der Waals surface area contributed by atoms with Gasteiger partial charge in [-0.05, 0) is 91.2 Å². The van der Waals surface area contributed by atoms with E-state index in [9.17, 15) is 19.5 Å². The number of nitrogens with one attached hydrogen (secondary N) is 1. The van der Waals surface area contributed by atoms with Crippen LogP contribution in [0.4, 0.5) is 5.69 Å². The van der Waals surface area contributed by atoms with Crippen LogP contribution in [0.25, 0.3) is 0 Å². The second-order valence-corrected chi connectivity index (χ2v) is 13.5. The number of amides is 3. The van der Waals surface area contributed by atoms with Crippen LogP contribution in [0, 0.1) is 11.8 Å². The highest BCUT2D eigenvalue weighted by atomic mass is 16.5. The minimum Gasteiger partial charge on any atom is -0.490 e. The molecule has 3 amide bonds. The summed E-state index contributed by atoms with van der Waals surface area (Å²) in [5.41, 5.74) is 0.877. The number of aliphatic hydroxyl groups is 1. The van der Waals surface area contributed by atoms with Crippen LogP contribution >= 0.6 is 0 Å². The van der Waals surface area contributed by atoms with Crippen molar-refractivity contribution >= 4 is 23.4 Å². The maximum Gasteiger partial charge on any atom is 0.258 e. The van der Waals surface area contributed by atoms with Gasteiger partial charge >= 0.3 is 0 Å². The average Bonchev–Trinajstić information content (AvgIpc) is 3.02. The molecule has 0 radical (unpaired) electrons. The first-order chi connectivity index (χ1) is 21.5. The first-order valence-electron chi connectivity index (χ1n) is 17.0. The lowest BCUT2D eigenvalue weighted by molar-refractivity contribution is -0.138. The van der Waals surface area contributed by atoms with Crippen LogP contribution in [-0.2, 0) is 14.3 Å². The summed E-state index contributed by atoms with van der Waals surface area (Å²) in [7, 11) is 5.81. The standard InChI is InChI=1S/C35H58N4O6/c1-25-22-39(26(2)24-40)35(43)30-21-29(36-33(41)16-12-19-37(4)5)17-18-31(30)45-27(3)13-10-11-20-44-32(25)23-38(6)34(42)28-14-8-7-9-15-28/h17-18,21,25-28,32,40H,7-16,19-20,22-24H2,1-6H3,(H,36,41)/t25-,26-,27-,32+/m0/s1. The number of anilines is 1. The fourth-order valence-electron chi connectivity index (χ4n) is 6.26. The number of fused-ring (bicyclic) bond motifs is 1. The van der Waals surface area contributed by atoms with Gasteiger partial charge in [0.15, 0.2) is 0 Å². The molecule has 0 spiro atoms. The summed E-state index contributed by atoms with van der Waals surface area (Å²) in [5.74, 6) is 0.208. The van der Waals surface area contributed by atoms with E-state index in [4.69, 9.17) is 9.47 Å². The Morgan fingerprint density at radius 2 is 1.78 bits per heavy atom. The number of hydrogen-bond donors (Lipinski definition) is 2. The largest absolute Gasteiger partial charge is 0.490 e. The summed E-state index contributed by atoms with van der Waals surface area (Å²) in [6.07, 6.45) is 8.53. The predicted octanol–water partition coefficient (Wildman–Crippen LogP) is 4.80. The maximum atomic E-state index is 14.3. The summed E-state index contributed by atoms with van der Waals surface area (Å²) in [6.45, 7) is 7.80. The highest BCUT2D eigenvalue weighted by Crippen LogP contribution is 2.29. The highest BCUT2D eigenvalue weighted by Gasteiger charge is 2.32. The number of aliphatic hydroxyl groups excluding tert-OH is 1. The molecule has 10 heteroatoms. The van der Waals surface area contributed by atoms with Gasteiger partial charge in [-0.2, -0.15) is 0 Å². The Balaban J connectivity index is 1.87. The van der Waals surface area contributed by atoms with Crippen molar-refractivity contribution in [3.05, 3.63) is 23.8 Å². The average molecular weight is 631 g/mol. The third-order valence-electron chi connectivity index (χ3n) is 9.13. The normalized spacial score (nSPS) is 23.1. The molecule has 1 aromatic rings. The molecule has 1 aromatic carbocycles. The fraction of sp³-hybridized carbons (Fsp3) is 0.743. The lowest BCUT2D eigenvalue weighted by Gasteiger charge is -2.36. The molecule has 1 saturated carbocycles. The number of nitrogens with zero attached hydrogens (tertiary/aromatic N) is 3. The Kier molecular flexibility index (Phi) is 15.1. The van der Waals surface area contributed by atoms with Gasteiger partial charge in [0.1, 0.15) is 5.75 Å². The zero-order chi connectivity index (χ0) is 32.9. The van der Waals surface area contributed by atoms with Gasteiger partial charge in [0.25, 0.3) is 5.91 Å². The van der Waals surface area contributed by atoms with Gasteiger partial charge in [0.05, 0.1) is 30.4 Å². The Bertz CT molecular complexity index is 1090. The van der Waals surface area contributed by atoms with Crippen LogP contribution in [0.2, 0.25) is 0 Å². The third-order valence-corrected chi connectivity index (χ3v) is 9.13. The van der Waals surface area contributed by atoms with E-state index >= 15 is 0 Å². The van der Waals surface area contributed by atoms with E-state index in [2.05, 4.69) is 5.32 Å². The van der Waals surface area contributed by atoms with Gasteiger partial charge in [-0.15, -0.1) is 0 Å². The van der Waals surface area contributed by atoms with Crippen LogP contribution in [0.3, 0.4) is 0 Å². The van der Waals surface area contributed by atoms with E-state index in [1.807, 2.05) is 51.7 Å². The van der Waals surface area contributed by atoms with E-state index in [1.54, 1.807) is 23.1 Å². The molecule has 3 rings (SSSR count). The molecule has 45 heavy (non-hydrogen) atoms. The zero-order valence-electron chi connectivity index (χ0n) is 28.6. The van der Waals surface area contributed by atoms with E-state index < -0.39 is 6.04 Å². The fourth-order valence-corrected chi connectivity index (χ4v) is 6.26. The Labute approximate surface area is 270 Å². The van der Waals surface area contributed by atoms with Gasteiger partial charge in [-0.3, -0.25) is 14.4 Å². The molecule has 2 N–H and O–H groups in total. The van der Waals surface area contributed by atoms with E-state index in [0.717, 1.165) is 57.9 Å². The molecule has 254 valence electrons. The summed E-state index contributed by atoms with van der Waals surface area (Å²) >= 11 is 0. The maximum absolute atomic E-state index is 14.3. The number of ether oxygens (including phenoxy) is 2. The van der Waals surface area contributed by atoms with Gasteiger partial charge in [0.2, 0.25) is 11.8 Å². The topological polar surface area (TPSA) is 112 Å². The predicted molar refractivity (Wildman–Crippen MR) is 178 cm³/mol. The van der Waals surface area contributed by atoms with E-state index in [0.29, 0.717) is 43.1 Å². The highest BCUT2D eigenvalue weighted by molar-refractivity contribution is 5.99. The molecular formula is C35H58N4O6. The first-order valence-corrected chi connectivity index (χ1v) is 17.0. The number of benzene rings is 1. The van der Waals surface area contributed by atoms with Crippen molar-refractivity contribution in [3.8, 4) is 5.75 Å². The van der Waals surface area contributed by atoms with Crippen molar-refractivity contribution in [1.82, 2.24) is 14.7 Å². The number of carbonyl (C=O) groups is 3. The summed E-state index contributed by atoms with van der Waals surface area (Å²) in [6, 6.07) is 4.75. The zero-order valence-corrected chi connectivity index (χ0v) is 28.6. The smallest absolute Gasteiger partial charge is 0.258 e. The molecule has 0 saturated heterocycles. The lowest BCUT2D eigenvalue weighted by atomic mass is 9.88. The molecule has 4 atom stereocenters. The SMILES string of the molecule is C[C@H]1CCCCO[C@H](CN(C)C(=O)C2CCCCC2)[C@@H](C)CN([C@@H](C)CO)C(=O)c2cc(NC(=O)CCCN(C)C)ccc2O1. The minimum atomic E-state index is -0.468. The van der Waals surface area contributed by atoms with Gasteiger partial charge < -0.3 is 34.6 Å². The summed E-state index contributed by atoms with van der Waals surface area (Å²) in [4.78, 5) is 45.8. The number of rotatable bonds is 10. The second kappa shape index (κ2) is 18.5. The molecule has 10 nitrogen and oxygen atoms in total. The molecule has 0 aromatic heterocycles. The van der Waals surface area contributed by atoms with Crippen molar-refractivity contribution in [1.29, 1.82) is 0 Å². The Morgan fingerprint density at radius 3 is 2.47 bits per heavy atom. The first kappa shape index (κ1) is 36.8. The van der Waals surface area contributed by atoms with Crippen LogP contribution in [0.15, 0.2) is 18.2 Å². The second-order valence-electron chi connectivity index (χ2n) is 13.5. The van der Waals surface area contributed by atoms with Gasteiger partial charge in [0, 0.05) is 50.7 Å². The number of carbonyl (C=O) groups excluding carboxylic acids is 3. The number of likely N-dealkylation sites (N-methyl/N-ethyl adjacent to an activating group) is 1. The van der Waals surface area contributed by atoms with Crippen LogP contribution in [0.5, 0.6) is 5.75 Å². The minimum absolute atomic E-state index is 0.0747. The molecule has 0 unspecified atom stereocenters. The van der Waals surface area contributed by atoms with Gasteiger partial charge in [-0.1, -0.05) is 26.2 Å². The van der Waals surface area contributed by atoms with Crippen molar-refractivity contribution in [2.45, 2.75) is 103 Å². The van der Waals surface area contributed by atoms with Crippen molar-refractivity contribution in [2.75, 3.05) is 59.3 Å².